The molecule has 1 aromatic heterocycles. The molecule has 0 spiro atoms. The van der Waals surface area contributed by atoms with Crippen LogP contribution in [0.1, 0.15) is 23.7 Å². The molecule has 0 bridgehead atoms. The molecule has 0 saturated heterocycles. The van der Waals surface area contributed by atoms with Gasteiger partial charge in [-0.1, -0.05) is 48.2 Å². The highest BCUT2D eigenvalue weighted by molar-refractivity contribution is 8.00. The Morgan fingerprint density at radius 2 is 1.94 bits per heavy atom. The number of nitrogens with zero attached hydrogens (tertiary/aromatic N) is 2. The molecule has 1 aliphatic heterocycles. The lowest BCUT2D eigenvalue weighted by atomic mass is 10.1. The van der Waals surface area contributed by atoms with Crippen LogP contribution in [0.15, 0.2) is 47.4 Å². The summed E-state index contributed by atoms with van der Waals surface area (Å²) in [5, 5.41) is 4.10. The molecule has 1 atom stereocenters. The third-order valence-corrected chi connectivity index (χ3v) is 7.34. The van der Waals surface area contributed by atoms with Crippen molar-refractivity contribution < 1.29 is 18.0 Å². The molecule has 1 amide bonds. The highest BCUT2D eigenvalue weighted by Crippen LogP contribution is 2.41. The van der Waals surface area contributed by atoms with Crippen LogP contribution in [0.2, 0.25) is 0 Å². The molecular weight excluding hydrogens is 457 g/mol. The summed E-state index contributed by atoms with van der Waals surface area (Å²) in [5.41, 5.74) is 8.40. The number of benzene rings is 2. The van der Waals surface area contributed by atoms with Crippen LogP contribution < -0.4 is 16.0 Å². The van der Waals surface area contributed by atoms with Gasteiger partial charge in [-0.15, -0.1) is 0 Å². The van der Waals surface area contributed by atoms with E-state index in [2.05, 4.69) is 10.3 Å². The van der Waals surface area contributed by atoms with E-state index in [1.165, 1.54) is 23.5 Å². The van der Waals surface area contributed by atoms with Crippen molar-refractivity contribution >= 4 is 39.7 Å². The van der Waals surface area contributed by atoms with Gasteiger partial charge in [-0.3, -0.25) is 4.79 Å². The van der Waals surface area contributed by atoms with E-state index in [4.69, 9.17) is 5.73 Å². The minimum absolute atomic E-state index is 0.137. The van der Waals surface area contributed by atoms with Gasteiger partial charge in [-0.05, 0) is 36.2 Å². The molecule has 1 unspecified atom stereocenters. The first kappa shape index (κ1) is 22.6. The first-order chi connectivity index (χ1) is 15.2. The summed E-state index contributed by atoms with van der Waals surface area (Å²) in [5.74, 6) is -0.178. The first-order valence-electron chi connectivity index (χ1n) is 9.91. The van der Waals surface area contributed by atoms with E-state index in [-0.39, 0.29) is 17.8 Å². The maximum atomic E-state index is 12.8. The van der Waals surface area contributed by atoms with Crippen LogP contribution in [-0.2, 0) is 23.8 Å². The van der Waals surface area contributed by atoms with E-state index in [0.717, 1.165) is 28.3 Å². The van der Waals surface area contributed by atoms with Crippen LogP contribution in [0.25, 0.3) is 10.6 Å². The van der Waals surface area contributed by atoms with Crippen molar-refractivity contribution in [2.24, 2.45) is 5.73 Å². The average Bonchev–Trinajstić information content (AvgIpc) is 3.27. The molecule has 0 radical (unpaired) electrons. The van der Waals surface area contributed by atoms with E-state index in [1.807, 2.05) is 37.1 Å². The molecule has 0 fully saturated rings. The second-order valence-corrected chi connectivity index (χ2v) is 9.53. The Labute approximate surface area is 191 Å². The van der Waals surface area contributed by atoms with Crippen LogP contribution in [0.4, 0.5) is 23.9 Å². The van der Waals surface area contributed by atoms with Crippen LogP contribution in [-0.4, -0.2) is 23.4 Å². The zero-order chi connectivity index (χ0) is 23.0. The number of fused-ring (bicyclic) bond motifs is 1. The molecular formula is C22H21F3N4OS2. The van der Waals surface area contributed by atoms with E-state index in [9.17, 15) is 18.0 Å². The fraction of sp³-hybridized carbons (Fsp3) is 0.273. The van der Waals surface area contributed by atoms with Crippen LogP contribution in [0.3, 0.4) is 0 Å². The number of thioether (sulfide) groups is 1. The van der Waals surface area contributed by atoms with Crippen molar-refractivity contribution in [3.05, 3.63) is 59.3 Å². The fourth-order valence-electron chi connectivity index (χ4n) is 3.37. The minimum Gasteiger partial charge on any atom is -0.349 e. The SMILES string of the molecule is CCc1nc(-c2ccc(C(F)(F)F)cc2)sc1NC(=O)Cc1ccc2c(c1)SC(N)N2C. The van der Waals surface area contributed by atoms with Gasteiger partial charge >= 0.3 is 6.18 Å². The summed E-state index contributed by atoms with van der Waals surface area (Å²) in [6.07, 6.45) is -3.60. The molecule has 3 N–H and O–H groups in total. The van der Waals surface area contributed by atoms with E-state index < -0.39 is 11.7 Å². The van der Waals surface area contributed by atoms with Gasteiger partial charge in [0.15, 0.2) is 0 Å². The van der Waals surface area contributed by atoms with Crippen molar-refractivity contribution in [2.45, 2.75) is 36.3 Å². The lowest BCUT2D eigenvalue weighted by Crippen LogP contribution is -2.32. The Morgan fingerprint density at radius 3 is 2.59 bits per heavy atom. The number of hydrogen-bond acceptors (Lipinski definition) is 6. The van der Waals surface area contributed by atoms with Gasteiger partial charge < -0.3 is 16.0 Å². The number of thiazole rings is 1. The summed E-state index contributed by atoms with van der Waals surface area (Å²) < 4.78 is 38.4. The van der Waals surface area contributed by atoms with E-state index >= 15 is 0 Å². The molecule has 10 heteroatoms. The number of carbonyl (C=O) groups excluding carboxylic acids is 1. The zero-order valence-corrected chi connectivity index (χ0v) is 19.0. The third kappa shape index (κ3) is 4.62. The molecule has 2 aromatic carbocycles. The highest BCUT2D eigenvalue weighted by atomic mass is 32.2. The zero-order valence-electron chi connectivity index (χ0n) is 17.4. The van der Waals surface area contributed by atoms with Gasteiger partial charge in [0.1, 0.15) is 15.5 Å². The van der Waals surface area contributed by atoms with Gasteiger partial charge in [0.2, 0.25) is 5.91 Å². The van der Waals surface area contributed by atoms with Gasteiger partial charge in [0, 0.05) is 17.5 Å². The molecule has 1 aliphatic rings. The number of amides is 1. The number of alkyl halides is 3. The van der Waals surface area contributed by atoms with Crippen LogP contribution in [0, 0.1) is 0 Å². The minimum atomic E-state index is -4.38. The number of nitrogens with two attached hydrogens (primary N) is 1. The predicted octanol–water partition coefficient (Wildman–Crippen LogP) is 5.36. The Kier molecular flexibility index (Phi) is 6.19. The highest BCUT2D eigenvalue weighted by Gasteiger charge is 2.30. The second-order valence-electron chi connectivity index (χ2n) is 7.37. The molecule has 32 heavy (non-hydrogen) atoms. The van der Waals surface area contributed by atoms with Gasteiger partial charge in [-0.25, -0.2) is 4.98 Å². The van der Waals surface area contributed by atoms with Crippen molar-refractivity contribution in [1.82, 2.24) is 4.98 Å². The summed E-state index contributed by atoms with van der Waals surface area (Å²) in [7, 11) is 1.93. The quantitative estimate of drug-likeness (QED) is 0.517. The monoisotopic (exact) mass is 478 g/mol. The molecule has 4 rings (SSSR count). The summed E-state index contributed by atoms with van der Waals surface area (Å²) in [6, 6.07) is 10.7. The number of halogens is 3. The second kappa shape index (κ2) is 8.76. The lowest BCUT2D eigenvalue weighted by molar-refractivity contribution is -0.137. The number of nitrogens with one attached hydrogen (secondary N) is 1. The predicted molar refractivity (Wildman–Crippen MR) is 123 cm³/mol. The topological polar surface area (TPSA) is 71.2 Å². The smallest absolute Gasteiger partial charge is 0.349 e. The van der Waals surface area contributed by atoms with Gasteiger partial charge in [-0.2, -0.15) is 13.2 Å². The first-order valence-corrected chi connectivity index (χ1v) is 11.6. The van der Waals surface area contributed by atoms with E-state index in [1.54, 1.807) is 11.8 Å². The largest absolute Gasteiger partial charge is 0.416 e. The Hall–Kier alpha value is -2.56. The molecule has 0 aliphatic carbocycles. The van der Waals surface area contributed by atoms with Gasteiger partial charge in [0.05, 0.1) is 23.4 Å². The normalized spacial score (nSPS) is 15.7. The summed E-state index contributed by atoms with van der Waals surface area (Å²) in [6.45, 7) is 1.92. The van der Waals surface area contributed by atoms with Crippen LogP contribution >= 0.6 is 23.1 Å². The van der Waals surface area contributed by atoms with Crippen LogP contribution in [0.5, 0.6) is 0 Å². The summed E-state index contributed by atoms with van der Waals surface area (Å²) >= 11 is 2.81. The molecule has 0 saturated carbocycles. The fourth-order valence-corrected chi connectivity index (χ4v) is 5.53. The average molecular weight is 479 g/mol. The standard InChI is InChI=1S/C22H21F3N4OS2/c1-3-15-20(32-19(27-15)13-5-7-14(8-6-13)22(23,24)25)28-18(30)11-12-4-9-16-17(10-12)31-21(26)29(16)2/h4-10,21H,3,11,26H2,1-2H3,(H,28,30). The summed E-state index contributed by atoms with van der Waals surface area (Å²) in [4.78, 5) is 20.2. The lowest BCUT2D eigenvalue weighted by Gasteiger charge is -2.16. The number of carbonyl (C=O) groups is 1. The number of rotatable bonds is 5. The maximum Gasteiger partial charge on any atom is 0.416 e. The molecule has 2 heterocycles. The number of aromatic nitrogens is 1. The number of hydrogen-bond donors (Lipinski definition) is 2. The number of aryl methyl sites for hydroxylation is 1. The Balaban J connectivity index is 1.48. The van der Waals surface area contributed by atoms with Crippen molar-refractivity contribution in [1.29, 1.82) is 0 Å². The van der Waals surface area contributed by atoms with Gasteiger partial charge in [0.25, 0.3) is 0 Å². The maximum absolute atomic E-state index is 12.8. The van der Waals surface area contributed by atoms with E-state index in [0.29, 0.717) is 27.7 Å². The van der Waals surface area contributed by atoms with Crippen molar-refractivity contribution in [3.8, 4) is 10.6 Å². The molecule has 168 valence electrons. The van der Waals surface area contributed by atoms with Crippen molar-refractivity contribution in [2.75, 3.05) is 17.3 Å². The Bertz CT molecular complexity index is 1150. The van der Waals surface area contributed by atoms with Crippen molar-refractivity contribution in [3.63, 3.8) is 0 Å². The molecule has 5 nitrogen and oxygen atoms in total. The molecule has 3 aromatic rings. The Morgan fingerprint density at radius 1 is 1.22 bits per heavy atom. The number of anilines is 2. The third-order valence-electron chi connectivity index (χ3n) is 5.14.